The van der Waals surface area contributed by atoms with Gasteiger partial charge in [0, 0.05) is 18.9 Å². The van der Waals surface area contributed by atoms with Crippen LogP contribution in [0.4, 0.5) is 0 Å². The van der Waals surface area contributed by atoms with Crippen LogP contribution in [0.2, 0.25) is 0 Å². The predicted octanol–water partition coefficient (Wildman–Crippen LogP) is 4.14. The molecule has 0 radical (unpaired) electrons. The first-order valence-corrected chi connectivity index (χ1v) is 12.0. The van der Waals surface area contributed by atoms with E-state index in [9.17, 15) is 14.7 Å². The zero-order valence-electron chi connectivity index (χ0n) is 21.7. The second kappa shape index (κ2) is 15.7. The van der Waals surface area contributed by atoms with Crippen molar-refractivity contribution in [2.45, 2.75) is 66.0 Å². The van der Waals surface area contributed by atoms with Gasteiger partial charge in [-0.1, -0.05) is 57.5 Å². The summed E-state index contributed by atoms with van der Waals surface area (Å²) in [6, 6.07) is 10.8. The maximum atomic E-state index is 12.4. The summed E-state index contributed by atoms with van der Waals surface area (Å²) in [5.41, 5.74) is 1.05. The average Bonchev–Trinajstić information content (AvgIpc) is 2.84. The van der Waals surface area contributed by atoms with Crippen molar-refractivity contribution in [3.05, 3.63) is 53.9 Å². The zero-order valence-corrected chi connectivity index (χ0v) is 21.7. The van der Waals surface area contributed by atoms with E-state index in [0.29, 0.717) is 18.4 Å². The van der Waals surface area contributed by atoms with E-state index in [1.54, 1.807) is 0 Å². The summed E-state index contributed by atoms with van der Waals surface area (Å²) >= 11 is 0. The number of aromatic nitrogens is 1. The Morgan fingerprint density at radius 3 is 2.26 bits per heavy atom. The molecule has 3 N–H and O–H groups in total. The maximum Gasteiger partial charge on any atom is 0.328 e. The van der Waals surface area contributed by atoms with Crippen LogP contribution in [0.25, 0.3) is 0 Å². The molecule has 1 aromatic carbocycles. The van der Waals surface area contributed by atoms with E-state index >= 15 is 0 Å². The molecule has 1 heterocycles. The molecular formula is C27H40N2O6. The molecule has 2 rings (SSSR count). The van der Waals surface area contributed by atoms with Gasteiger partial charge in [0.2, 0.25) is 0 Å². The van der Waals surface area contributed by atoms with E-state index in [4.69, 9.17) is 14.6 Å². The summed E-state index contributed by atoms with van der Waals surface area (Å²) < 4.78 is 10.5. The van der Waals surface area contributed by atoms with Gasteiger partial charge in [0.15, 0.2) is 17.2 Å². The second-order valence-electron chi connectivity index (χ2n) is 8.93. The summed E-state index contributed by atoms with van der Waals surface area (Å²) in [7, 11) is 1.37. The number of aliphatic hydroxyl groups excluding tert-OH is 1. The zero-order chi connectivity index (χ0) is 26.4. The molecule has 0 spiro atoms. The van der Waals surface area contributed by atoms with Crippen LogP contribution < -0.4 is 10.1 Å². The van der Waals surface area contributed by atoms with Gasteiger partial charge in [-0.3, -0.25) is 4.79 Å². The molecule has 3 unspecified atom stereocenters. The molecule has 0 saturated heterocycles. The number of aromatic hydroxyl groups is 1. The number of rotatable bonds is 11. The minimum absolute atomic E-state index is 0.128. The van der Waals surface area contributed by atoms with Crippen LogP contribution in [-0.2, 0) is 16.0 Å². The fraction of sp³-hybridized carbons (Fsp3) is 0.519. The van der Waals surface area contributed by atoms with Crippen molar-refractivity contribution < 1.29 is 29.3 Å². The highest BCUT2D eigenvalue weighted by atomic mass is 16.5. The lowest BCUT2D eigenvalue weighted by molar-refractivity contribution is -0.150. The lowest BCUT2D eigenvalue weighted by Gasteiger charge is -2.22. The van der Waals surface area contributed by atoms with Crippen LogP contribution in [0.1, 0.15) is 63.5 Å². The van der Waals surface area contributed by atoms with Gasteiger partial charge in [-0.05, 0) is 44.1 Å². The van der Waals surface area contributed by atoms with Crippen LogP contribution in [0.5, 0.6) is 11.5 Å². The van der Waals surface area contributed by atoms with Crippen LogP contribution in [-0.4, -0.2) is 52.9 Å². The van der Waals surface area contributed by atoms with E-state index in [-0.39, 0.29) is 23.3 Å². The van der Waals surface area contributed by atoms with Crippen LogP contribution >= 0.6 is 0 Å². The first-order valence-electron chi connectivity index (χ1n) is 12.0. The number of carbonyl (C=O) groups excluding carboxylic acids is 2. The largest absolute Gasteiger partial charge is 0.503 e. The van der Waals surface area contributed by atoms with Crippen LogP contribution in [0.3, 0.4) is 0 Å². The van der Waals surface area contributed by atoms with E-state index in [2.05, 4.69) is 29.4 Å². The quantitative estimate of drug-likeness (QED) is 0.407. The third-order valence-electron chi connectivity index (χ3n) is 5.32. The minimum Gasteiger partial charge on any atom is -0.503 e. The average molecular weight is 489 g/mol. The van der Waals surface area contributed by atoms with Crippen LogP contribution in [0.15, 0.2) is 42.6 Å². The number of pyridine rings is 1. The summed E-state index contributed by atoms with van der Waals surface area (Å²) in [6.07, 6.45) is 3.69. The Bertz CT molecular complexity index is 904. The van der Waals surface area contributed by atoms with Gasteiger partial charge in [0.1, 0.15) is 6.04 Å². The Hall–Kier alpha value is -3.13. The number of nitrogens with one attached hydrogen (secondary N) is 1. The smallest absolute Gasteiger partial charge is 0.328 e. The van der Waals surface area contributed by atoms with E-state index in [0.717, 1.165) is 19.3 Å². The minimum atomic E-state index is -0.887. The molecule has 8 nitrogen and oxygen atoms in total. The highest BCUT2D eigenvalue weighted by molar-refractivity contribution is 5.97. The van der Waals surface area contributed by atoms with Crippen molar-refractivity contribution in [3.63, 3.8) is 0 Å². The molecule has 0 aliphatic heterocycles. The maximum absolute atomic E-state index is 12.4. The normalized spacial score (nSPS) is 13.1. The molecule has 0 saturated carbocycles. The van der Waals surface area contributed by atoms with E-state index in [1.165, 1.54) is 31.9 Å². The molecule has 194 valence electrons. The van der Waals surface area contributed by atoms with Gasteiger partial charge in [-0.15, -0.1) is 0 Å². The number of esters is 1. The number of methoxy groups -OCH3 is 1. The van der Waals surface area contributed by atoms with E-state index < -0.39 is 17.9 Å². The Morgan fingerprint density at radius 1 is 1.09 bits per heavy atom. The topological polar surface area (TPSA) is 118 Å². The standard InChI is InChI=1S/C23H30N2O5.C4H10O/c1-5-17(14-18-9-7-6-8-10-18)13-15(2)30-23(28)16(3)25-22(27)20-21(26)19(29-4)11-12-24-20;1-4(2)3-5/h6-12,15-17,26H,5,13-14H2,1-4H3,(H,25,27);4-5H,3H2,1-2H3. The number of carbonyl (C=O) groups is 2. The van der Waals surface area contributed by atoms with Gasteiger partial charge in [-0.2, -0.15) is 0 Å². The summed E-state index contributed by atoms with van der Waals surface area (Å²) in [5.74, 6) is -0.638. The number of hydrogen-bond donors (Lipinski definition) is 3. The Morgan fingerprint density at radius 2 is 1.71 bits per heavy atom. The van der Waals surface area contributed by atoms with Crippen molar-refractivity contribution in [2.75, 3.05) is 13.7 Å². The molecule has 0 aliphatic rings. The Balaban J connectivity index is 0.00000111. The van der Waals surface area contributed by atoms with Crippen molar-refractivity contribution in [2.24, 2.45) is 11.8 Å². The molecule has 35 heavy (non-hydrogen) atoms. The lowest BCUT2D eigenvalue weighted by atomic mass is 9.92. The summed E-state index contributed by atoms with van der Waals surface area (Å²) in [6.45, 7) is 9.76. The number of ether oxygens (including phenoxy) is 2. The number of amides is 1. The van der Waals surface area contributed by atoms with Gasteiger partial charge < -0.3 is 25.0 Å². The summed E-state index contributed by atoms with van der Waals surface area (Å²) in [4.78, 5) is 28.6. The van der Waals surface area contributed by atoms with Gasteiger partial charge in [0.05, 0.1) is 13.2 Å². The number of nitrogens with zero attached hydrogens (tertiary/aromatic N) is 1. The number of aliphatic hydroxyl groups is 1. The summed E-state index contributed by atoms with van der Waals surface area (Å²) in [5, 5.41) is 20.7. The predicted molar refractivity (Wildman–Crippen MR) is 135 cm³/mol. The van der Waals surface area contributed by atoms with Gasteiger partial charge in [0.25, 0.3) is 5.91 Å². The van der Waals surface area contributed by atoms with Crippen LogP contribution in [0, 0.1) is 11.8 Å². The number of benzene rings is 1. The number of hydrogen-bond acceptors (Lipinski definition) is 7. The van der Waals surface area contributed by atoms with Crippen molar-refractivity contribution in [3.8, 4) is 11.5 Å². The Kier molecular flexibility index (Phi) is 13.4. The molecule has 8 heteroatoms. The fourth-order valence-electron chi connectivity index (χ4n) is 3.25. The first-order chi connectivity index (χ1) is 16.6. The molecule has 0 aliphatic carbocycles. The SMILES string of the molecule is CC(C)CO.CCC(Cc1ccccc1)CC(C)OC(=O)C(C)NC(=O)c1nccc(OC)c1O. The van der Waals surface area contributed by atoms with Crippen molar-refractivity contribution >= 4 is 11.9 Å². The van der Waals surface area contributed by atoms with E-state index in [1.807, 2.05) is 39.0 Å². The molecule has 3 atom stereocenters. The second-order valence-corrected chi connectivity index (χ2v) is 8.93. The third kappa shape index (κ3) is 10.8. The highest BCUT2D eigenvalue weighted by Gasteiger charge is 2.24. The highest BCUT2D eigenvalue weighted by Crippen LogP contribution is 2.27. The Labute approximate surface area is 208 Å². The van der Waals surface area contributed by atoms with Gasteiger partial charge in [-0.25, -0.2) is 9.78 Å². The van der Waals surface area contributed by atoms with Crippen molar-refractivity contribution in [1.82, 2.24) is 10.3 Å². The third-order valence-corrected chi connectivity index (χ3v) is 5.32. The molecule has 0 fully saturated rings. The molecule has 1 amide bonds. The monoisotopic (exact) mass is 488 g/mol. The molecule has 1 aromatic heterocycles. The first kappa shape index (κ1) is 29.9. The van der Waals surface area contributed by atoms with Gasteiger partial charge >= 0.3 is 5.97 Å². The fourth-order valence-corrected chi connectivity index (χ4v) is 3.25. The molecular weight excluding hydrogens is 448 g/mol. The molecule has 0 bridgehead atoms. The lowest BCUT2D eigenvalue weighted by Crippen LogP contribution is -2.41. The van der Waals surface area contributed by atoms with Crippen molar-refractivity contribution in [1.29, 1.82) is 0 Å². The molecule has 2 aromatic rings.